The van der Waals surface area contributed by atoms with Crippen LogP contribution in [0.3, 0.4) is 0 Å². The second-order valence-corrected chi connectivity index (χ2v) is 11.1. The summed E-state index contributed by atoms with van der Waals surface area (Å²) in [5, 5.41) is 2.12. The van der Waals surface area contributed by atoms with Crippen molar-refractivity contribution in [3.05, 3.63) is 78.1 Å². The van der Waals surface area contributed by atoms with E-state index in [0.717, 1.165) is 53.4 Å². The van der Waals surface area contributed by atoms with Crippen molar-refractivity contribution in [2.75, 3.05) is 39.9 Å². The van der Waals surface area contributed by atoms with Crippen LogP contribution in [0.15, 0.2) is 66.7 Å². The first-order chi connectivity index (χ1) is 19.5. The number of hydrogen-bond donors (Lipinski definition) is 1. The summed E-state index contributed by atoms with van der Waals surface area (Å²) in [5.41, 5.74) is 9.24. The molecular weight excluding hydrogens is 502 g/mol. The predicted octanol–water partition coefficient (Wildman–Crippen LogP) is 4.03. The largest absolute Gasteiger partial charge is 0.385 e. The molecule has 8 nitrogen and oxygen atoms in total. The summed E-state index contributed by atoms with van der Waals surface area (Å²) >= 11 is 0. The van der Waals surface area contributed by atoms with E-state index in [1.54, 1.807) is 12.0 Å². The van der Waals surface area contributed by atoms with Crippen LogP contribution < -0.4 is 5.73 Å². The maximum absolute atomic E-state index is 13.8. The number of ether oxygens (including phenoxy) is 1. The highest BCUT2D eigenvalue weighted by atomic mass is 16.5. The Kier molecular flexibility index (Phi) is 7.54. The number of carbonyl (C=O) groups excluding carboxylic acids is 2. The van der Waals surface area contributed by atoms with Gasteiger partial charge in [0.25, 0.3) is 5.91 Å². The summed E-state index contributed by atoms with van der Waals surface area (Å²) in [4.78, 5) is 35.9. The number of rotatable bonds is 7. The number of para-hydroxylation sites is 2. The number of benzene rings is 3. The molecule has 6 rings (SSSR count). The van der Waals surface area contributed by atoms with Crippen LogP contribution in [0.2, 0.25) is 0 Å². The lowest BCUT2D eigenvalue weighted by molar-refractivity contribution is -0.136. The molecule has 8 heteroatoms. The fourth-order valence-electron chi connectivity index (χ4n) is 6.39. The SMILES string of the molecule is COCCCn1c(C2CCCN(C(=O)[C@@H]3CN(C(=O)c4ccc5ccccc5c4)C[C@H]3N)C2)nc2ccccc21. The molecule has 0 spiro atoms. The normalized spacial score (nSPS) is 21.4. The number of imidazole rings is 1. The molecule has 0 saturated carbocycles. The van der Waals surface area contributed by atoms with Gasteiger partial charge >= 0.3 is 0 Å². The second kappa shape index (κ2) is 11.4. The third-order valence-electron chi connectivity index (χ3n) is 8.48. The van der Waals surface area contributed by atoms with Crippen LogP contribution in [0.4, 0.5) is 0 Å². The van der Waals surface area contributed by atoms with Crippen LogP contribution in [-0.4, -0.2) is 77.1 Å². The van der Waals surface area contributed by atoms with Crippen LogP contribution in [0, 0.1) is 5.92 Å². The highest BCUT2D eigenvalue weighted by Crippen LogP contribution is 2.31. The van der Waals surface area contributed by atoms with Gasteiger partial charge in [-0.25, -0.2) is 4.98 Å². The fraction of sp³-hybridized carbons (Fsp3) is 0.406. The van der Waals surface area contributed by atoms with Gasteiger partial charge in [-0.15, -0.1) is 0 Å². The van der Waals surface area contributed by atoms with Crippen molar-refractivity contribution >= 4 is 33.6 Å². The van der Waals surface area contributed by atoms with Gasteiger partial charge in [-0.3, -0.25) is 9.59 Å². The van der Waals surface area contributed by atoms with Crippen molar-refractivity contribution in [2.24, 2.45) is 11.7 Å². The van der Waals surface area contributed by atoms with Crippen molar-refractivity contribution in [1.29, 1.82) is 0 Å². The van der Waals surface area contributed by atoms with E-state index in [1.165, 1.54) is 0 Å². The van der Waals surface area contributed by atoms with E-state index in [1.807, 2.05) is 59.5 Å². The molecule has 2 saturated heterocycles. The van der Waals surface area contributed by atoms with Gasteiger partial charge in [0.2, 0.25) is 5.91 Å². The molecule has 208 valence electrons. The lowest BCUT2D eigenvalue weighted by atomic mass is 9.94. The average molecular weight is 540 g/mol. The standard InChI is InChI=1S/C32H37N5O3/c1-40-17-7-16-37-29-12-5-4-11-28(29)34-30(37)25-10-6-15-35(19-25)32(39)26-20-36(21-27(26)33)31(38)24-14-13-22-8-2-3-9-23(22)18-24/h2-5,8-9,11-14,18,25-27H,6-7,10,15-17,19-21,33H2,1H3/t25?,26-,27-/m1/s1. The van der Waals surface area contributed by atoms with Crippen LogP contribution in [-0.2, 0) is 16.1 Å². The number of aryl methyl sites for hydroxylation is 1. The van der Waals surface area contributed by atoms with Gasteiger partial charge in [-0.2, -0.15) is 0 Å². The number of hydrogen-bond acceptors (Lipinski definition) is 5. The van der Waals surface area contributed by atoms with Gasteiger partial charge < -0.3 is 24.8 Å². The summed E-state index contributed by atoms with van der Waals surface area (Å²) in [6.45, 7) is 3.58. The monoisotopic (exact) mass is 539 g/mol. The molecule has 0 aliphatic carbocycles. The summed E-state index contributed by atoms with van der Waals surface area (Å²) in [5.74, 6) is 0.772. The summed E-state index contributed by atoms with van der Waals surface area (Å²) in [6.07, 6.45) is 2.80. The van der Waals surface area contributed by atoms with Crippen molar-refractivity contribution < 1.29 is 14.3 Å². The third kappa shape index (κ3) is 5.09. The topological polar surface area (TPSA) is 93.7 Å². The highest BCUT2D eigenvalue weighted by molar-refractivity contribution is 5.99. The van der Waals surface area contributed by atoms with E-state index in [0.29, 0.717) is 38.3 Å². The van der Waals surface area contributed by atoms with E-state index < -0.39 is 5.92 Å². The Morgan fingerprint density at radius 2 is 1.77 bits per heavy atom. The molecule has 2 N–H and O–H groups in total. The summed E-state index contributed by atoms with van der Waals surface area (Å²) < 4.78 is 7.60. The number of nitrogens with zero attached hydrogens (tertiary/aromatic N) is 4. The van der Waals surface area contributed by atoms with Gasteiger partial charge in [0, 0.05) is 64.0 Å². The quantitative estimate of drug-likeness (QED) is 0.358. The Labute approximate surface area is 234 Å². The minimum atomic E-state index is -0.399. The Hall–Kier alpha value is -3.75. The molecule has 1 aromatic heterocycles. The zero-order chi connectivity index (χ0) is 27.6. The molecular formula is C32H37N5O3. The number of methoxy groups -OCH3 is 1. The number of amides is 2. The number of nitrogens with two attached hydrogens (primary N) is 1. The zero-order valence-electron chi connectivity index (χ0n) is 23.0. The summed E-state index contributed by atoms with van der Waals surface area (Å²) in [6, 6.07) is 21.6. The Balaban J connectivity index is 1.17. The lowest BCUT2D eigenvalue weighted by Crippen LogP contribution is -2.47. The van der Waals surface area contributed by atoms with E-state index in [2.05, 4.69) is 16.7 Å². The molecule has 0 radical (unpaired) electrons. The summed E-state index contributed by atoms with van der Waals surface area (Å²) in [7, 11) is 1.72. The molecule has 2 fully saturated rings. The molecule has 3 atom stereocenters. The second-order valence-electron chi connectivity index (χ2n) is 11.1. The van der Waals surface area contributed by atoms with E-state index in [4.69, 9.17) is 15.5 Å². The minimum Gasteiger partial charge on any atom is -0.385 e. The first-order valence-electron chi connectivity index (χ1n) is 14.3. The Bertz CT molecular complexity index is 1530. The first-order valence-corrected chi connectivity index (χ1v) is 14.3. The van der Waals surface area contributed by atoms with Crippen molar-refractivity contribution in [1.82, 2.24) is 19.4 Å². The van der Waals surface area contributed by atoms with Crippen LogP contribution >= 0.6 is 0 Å². The van der Waals surface area contributed by atoms with Crippen molar-refractivity contribution in [2.45, 2.75) is 37.8 Å². The molecule has 0 bridgehead atoms. The van der Waals surface area contributed by atoms with Crippen molar-refractivity contribution in [3.8, 4) is 0 Å². The minimum absolute atomic E-state index is 0.0491. The van der Waals surface area contributed by atoms with Crippen molar-refractivity contribution in [3.63, 3.8) is 0 Å². The molecule has 1 unspecified atom stereocenters. The third-order valence-corrected chi connectivity index (χ3v) is 8.48. The average Bonchev–Trinajstić information content (AvgIpc) is 3.57. The smallest absolute Gasteiger partial charge is 0.253 e. The molecule has 4 aromatic rings. The fourth-order valence-corrected chi connectivity index (χ4v) is 6.39. The van der Waals surface area contributed by atoms with E-state index >= 15 is 0 Å². The lowest BCUT2D eigenvalue weighted by Gasteiger charge is -2.35. The van der Waals surface area contributed by atoms with Gasteiger partial charge in [-0.05, 0) is 54.3 Å². The molecule has 2 aliphatic rings. The van der Waals surface area contributed by atoms with Crippen LogP contribution in [0.5, 0.6) is 0 Å². The number of piperidine rings is 1. The van der Waals surface area contributed by atoms with Gasteiger partial charge in [-0.1, -0.05) is 42.5 Å². The van der Waals surface area contributed by atoms with E-state index in [-0.39, 0.29) is 23.8 Å². The van der Waals surface area contributed by atoms with Gasteiger partial charge in [0.1, 0.15) is 5.82 Å². The molecule has 3 aromatic carbocycles. The maximum atomic E-state index is 13.8. The van der Waals surface area contributed by atoms with Gasteiger partial charge in [0.05, 0.1) is 17.0 Å². The number of aromatic nitrogens is 2. The first kappa shape index (κ1) is 26.5. The molecule has 2 aliphatic heterocycles. The molecule has 40 heavy (non-hydrogen) atoms. The van der Waals surface area contributed by atoms with E-state index in [9.17, 15) is 9.59 Å². The number of likely N-dealkylation sites (tertiary alicyclic amines) is 2. The maximum Gasteiger partial charge on any atom is 0.253 e. The molecule has 2 amide bonds. The Morgan fingerprint density at radius 1 is 0.975 bits per heavy atom. The highest BCUT2D eigenvalue weighted by Gasteiger charge is 2.41. The van der Waals surface area contributed by atoms with Gasteiger partial charge in [0.15, 0.2) is 0 Å². The Morgan fingerprint density at radius 3 is 2.62 bits per heavy atom. The van der Waals surface area contributed by atoms with Crippen LogP contribution in [0.25, 0.3) is 21.8 Å². The number of fused-ring (bicyclic) bond motifs is 2. The van der Waals surface area contributed by atoms with Crippen LogP contribution in [0.1, 0.15) is 41.4 Å². The zero-order valence-corrected chi connectivity index (χ0v) is 23.0. The predicted molar refractivity (Wildman–Crippen MR) is 156 cm³/mol. The molecule has 3 heterocycles. The number of carbonyl (C=O) groups is 2.